The van der Waals surface area contributed by atoms with Crippen LogP contribution < -0.4 is 14.2 Å². The first kappa shape index (κ1) is 31.3. The quantitative estimate of drug-likeness (QED) is 0.423. The molecule has 1 N–H and O–H groups in total. The number of fused-ring (bicyclic) bond motifs is 1. The van der Waals surface area contributed by atoms with Crippen molar-refractivity contribution in [3.8, 4) is 11.5 Å². The Labute approximate surface area is 247 Å². The molecule has 226 valence electrons. The van der Waals surface area contributed by atoms with E-state index in [0.29, 0.717) is 30.2 Å². The minimum Gasteiger partial charge on any atom is -0.497 e. The molecule has 3 aromatic rings. The second kappa shape index (κ2) is 13.5. The molecule has 1 heterocycles. The molecule has 42 heavy (non-hydrogen) atoms. The minimum absolute atomic E-state index is 0.000576. The molecule has 0 unspecified atom stereocenters. The molecule has 0 aromatic heterocycles. The number of nitrogens with zero attached hydrogens (tertiary/aromatic N) is 2. The van der Waals surface area contributed by atoms with E-state index in [1.807, 2.05) is 19.9 Å². The third-order valence-corrected chi connectivity index (χ3v) is 8.89. The average molecular weight is 600 g/mol. The van der Waals surface area contributed by atoms with E-state index in [1.54, 1.807) is 55.5 Å². The van der Waals surface area contributed by atoms with Crippen molar-refractivity contribution in [3.63, 3.8) is 0 Å². The van der Waals surface area contributed by atoms with Gasteiger partial charge >= 0.3 is 0 Å². The van der Waals surface area contributed by atoms with Gasteiger partial charge in [0.15, 0.2) is 0 Å². The third-order valence-electron chi connectivity index (χ3n) is 7.51. The first-order valence-electron chi connectivity index (χ1n) is 13.7. The SMILES string of the molecule is COc1cccc(S(=O)(=O)Nc2ccc3c(c2)C(=O)N(C)C[C@@H](OC)[C@H](C)CN(Cc2ccccc2F)[C@@H](C)CO3)c1. The minimum atomic E-state index is -3.97. The second-order valence-corrected chi connectivity index (χ2v) is 12.3. The fourth-order valence-electron chi connectivity index (χ4n) is 4.96. The van der Waals surface area contributed by atoms with E-state index in [9.17, 15) is 17.6 Å². The lowest BCUT2D eigenvalue weighted by Crippen LogP contribution is -2.46. The van der Waals surface area contributed by atoms with Crippen LogP contribution in [0.1, 0.15) is 29.8 Å². The molecule has 1 aliphatic rings. The highest BCUT2D eigenvalue weighted by atomic mass is 32.2. The molecule has 0 saturated heterocycles. The molecule has 1 amide bonds. The monoisotopic (exact) mass is 599 g/mol. The number of halogens is 1. The van der Waals surface area contributed by atoms with E-state index in [2.05, 4.69) is 9.62 Å². The number of benzene rings is 3. The zero-order chi connectivity index (χ0) is 30.4. The maximum Gasteiger partial charge on any atom is 0.262 e. The van der Waals surface area contributed by atoms with Crippen molar-refractivity contribution >= 4 is 21.6 Å². The van der Waals surface area contributed by atoms with Crippen molar-refractivity contribution < 1.29 is 31.8 Å². The number of likely N-dealkylation sites (N-methyl/N-ethyl adjacent to an activating group) is 1. The number of carbonyl (C=O) groups is 1. The maximum absolute atomic E-state index is 14.6. The summed E-state index contributed by atoms with van der Waals surface area (Å²) in [4.78, 5) is 17.4. The van der Waals surface area contributed by atoms with Crippen LogP contribution in [0.5, 0.6) is 11.5 Å². The lowest BCUT2D eigenvalue weighted by molar-refractivity contribution is 0.00904. The Morgan fingerprint density at radius 1 is 1.02 bits per heavy atom. The van der Waals surface area contributed by atoms with Gasteiger partial charge < -0.3 is 19.1 Å². The largest absolute Gasteiger partial charge is 0.497 e. The molecule has 11 heteroatoms. The summed E-state index contributed by atoms with van der Waals surface area (Å²) in [6.07, 6.45) is -0.298. The van der Waals surface area contributed by atoms with Crippen LogP contribution in [0.15, 0.2) is 71.6 Å². The van der Waals surface area contributed by atoms with Crippen LogP contribution in [0.4, 0.5) is 10.1 Å². The first-order chi connectivity index (χ1) is 20.0. The summed E-state index contributed by atoms with van der Waals surface area (Å²) in [5.41, 5.74) is 0.998. The number of nitrogens with one attached hydrogen (secondary N) is 1. The Balaban J connectivity index is 1.66. The van der Waals surface area contributed by atoms with Crippen LogP contribution in [0.2, 0.25) is 0 Å². The molecule has 0 bridgehead atoms. The molecule has 3 aromatic carbocycles. The highest BCUT2D eigenvalue weighted by Gasteiger charge is 2.29. The number of hydrogen-bond donors (Lipinski definition) is 1. The van der Waals surface area contributed by atoms with E-state index >= 15 is 0 Å². The van der Waals surface area contributed by atoms with Gasteiger partial charge in [-0.1, -0.05) is 31.2 Å². The summed E-state index contributed by atoms with van der Waals surface area (Å²) in [6.45, 7) is 5.52. The van der Waals surface area contributed by atoms with Crippen LogP contribution in [0, 0.1) is 11.7 Å². The summed E-state index contributed by atoms with van der Waals surface area (Å²) in [7, 11) is 0.772. The van der Waals surface area contributed by atoms with Gasteiger partial charge in [-0.25, -0.2) is 12.8 Å². The molecule has 0 radical (unpaired) electrons. The number of methoxy groups -OCH3 is 2. The van der Waals surface area contributed by atoms with Crippen molar-refractivity contribution in [2.24, 2.45) is 5.92 Å². The molecule has 3 atom stereocenters. The lowest BCUT2D eigenvalue weighted by Gasteiger charge is -2.36. The smallest absolute Gasteiger partial charge is 0.262 e. The zero-order valence-electron chi connectivity index (χ0n) is 24.5. The van der Waals surface area contributed by atoms with Gasteiger partial charge in [0.2, 0.25) is 0 Å². The van der Waals surface area contributed by atoms with Crippen molar-refractivity contribution in [1.82, 2.24) is 9.80 Å². The lowest BCUT2D eigenvalue weighted by atomic mass is 10.0. The van der Waals surface area contributed by atoms with Crippen LogP contribution in [-0.4, -0.2) is 77.2 Å². The Bertz CT molecular complexity index is 1500. The number of carbonyl (C=O) groups excluding carboxylic acids is 1. The van der Waals surface area contributed by atoms with Crippen LogP contribution >= 0.6 is 0 Å². The van der Waals surface area contributed by atoms with Gasteiger partial charge in [-0.2, -0.15) is 0 Å². The van der Waals surface area contributed by atoms with E-state index in [0.717, 1.165) is 0 Å². The number of anilines is 1. The van der Waals surface area contributed by atoms with Crippen LogP contribution in [-0.2, 0) is 21.3 Å². The van der Waals surface area contributed by atoms with E-state index < -0.39 is 10.0 Å². The van der Waals surface area contributed by atoms with Gasteiger partial charge in [-0.3, -0.25) is 14.4 Å². The third kappa shape index (κ3) is 7.39. The number of ether oxygens (including phenoxy) is 3. The predicted octanol–water partition coefficient (Wildman–Crippen LogP) is 4.64. The van der Waals surface area contributed by atoms with Gasteiger partial charge in [-0.15, -0.1) is 0 Å². The Hall–Kier alpha value is -3.67. The molecule has 0 spiro atoms. The number of sulfonamides is 1. The average Bonchev–Trinajstić information content (AvgIpc) is 2.98. The van der Waals surface area contributed by atoms with Gasteiger partial charge in [0.25, 0.3) is 15.9 Å². The van der Waals surface area contributed by atoms with E-state index in [1.165, 1.54) is 31.4 Å². The fourth-order valence-corrected chi connectivity index (χ4v) is 6.05. The van der Waals surface area contributed by atoms with E-state index in [-0.39, 0.29) is 59.1 Å². The summed E-state index contributed by atoms with van der Waals surface area (Å²) in [6, 6.07) is 17.3. The van der Waals surface area contributed by atoms with E-state index in [4.69, 9.17) is 14.2 Å². The predicted molar refractivity (Wildman–Crippen MR) is 159 cm³/mol. The van der Waals surface area contributed by atoms with Crippen molar-refractivity contribution in [2.45, 2.75) is 37.4 Å². The summed E-state index contributed by atoms with van der Waals surface area (Å²) < 4.78 is 60.5. The molecular formula is C31H38FN3O6S. The number of rotatable bonds is 7. The van der Waals surface area contributed by atoms with Crippen LogP contribution in [0.3, 0.4) is 0 Å². The zero-order valence-corrected chi connectivity index (χ0v) is 25.4. The molecule has 0 saturated carbocycles. The highest BCUT2D eigenvalue weighted by Crippen LogP contribution is 2.28. The second-order valence-electron chi connectivity index (χ2n) is 10.6. The first-order valence-corrected chi connectivity index (χ1v) is 15.2. The molecule has 4 rings (SSSR count). The normalized spacial score (nSPS) is 20.6. The topological polar surface area (TPSA) is 97.4 Å². The molecule has 9 nitrogen and oxygen atoms in total. The maximum atomic E-state index is 14.6. The van der Waals surface area contributed by atoms with Gasteiger partial charge in [-0.05, 0) is 49.2 Å². The van der Waals surface area contributed by atoms with Crippen molar-refractivity contribution in [2.75, 3.05) is 45.7 Å². The van der Waals surface area contributed by atoms with Crippen molar-refractivity contribution in [3.05, 3.63) is 83.7 Å². The summed E-state index contributed by atoms with van der Waals surface area (Å²) in [5, 5.41) is 0. The fraction of sp³-hybridized carbons (Fsp3) is 0.387. The molecule has 0 aliphatic carbocycles. The number of hydrogen-bond acceptors (Lipinski definition) is 7. The Kier molecular flexibility index (Phi) is 10.1. The molecule has 0 fully saturated rings. The van der Waals surface area contributed by atoms with Crippen LogP contribution in [0.25, 0.3) is 0 Å². The standard InChI is InChI=1S/C31H38FN3O6S/c1-21-17-35(18-23-9-6-7-12-28(23)32)22(2)20-41-29-14-13-24(15-27(29)31(36)34(3)19-30(21)40-5)33-42(37,38)26-11-8-10-25(16-26)39-4/h6-16,21-22,30,33H,17-20H2,1-5H3/t21-,22+,30-/m1/s1. The summed E-state index contributed by atoms with van der Waals surface area (Å²) in [5.74, 6) is 0.113. The Morgan fingerprint density at radius 3 is 2.50 bits per heavy atom. The summed E-state index contributed by atoms with van der Waals surface area (Å²) >= 11 is 0. The molecule has 1 aliphatic heterocycles. The highest BCUT2D eigenvalue weighted by molar-refractivity contribution is 7.92. The molecular weight excluding hydrogens is 561 g/mol. The number of amides is 1. The van der Waals surface area contributed by atoms with Gasteiger partial charge in [0, 0.05) is 57.2 Å². The Morgan fingerprint density at radius 2 is 1.79 bits per heavy atom. The van der Waals surface area contributed by atoms with Gasteiger partial charge in [0.1, 0.15) is 23.9 Å². The van der Waals surface area contributed by atoms with Crippen molar-refractivity contribution in [1.29, 1.82) is 0 Å². The van der Waals surface area contributed by atoms with Gasteiger partial charge in [0.05, 0.1) is 23.7 Å².